The maximum absolute atomic E-state index is 13.0. The first-order chi connectivity index (χ1) is 19.8. The summed E-state index contributed by atoms with van der Waals surface area (Å²) in [4.78, 5) is 24.0. The highest BCUT2D eigenvalue weighted by Crippen LogP contribution is 2.37. The first kappa shape index (κ1) is 34.6. The molecule has 3 atom stereocenters. The molecule has 4 N–H and O–H groups in total. The van der Waals surface area contributed by atoms with Crippen LogP contribution in [0.3, 0.4) is 0 Å². The Balaban J connectivity index is 1.83. The molecular weight excluding hydrogens is 542 g/mol. The van der Waals surface area contributed by atoms with E-state index in [1.54, 1.807) is 24.3 Å². The number of carbonyl (C=O) groups is 2. The van der Waals surface area contributed by atoms with Crippen LogP contribution in [0.2, 0.25) is 0 Å². The topological polar surface area (TPSA) is 133 Å². The molecule has 0 saturated carbocycles. The SMILES string of the molecule is CCCCCCCCCCCCCCCCNC(=O)c1cc(OC(C(C)O)S(=O)CC(=O)O)c2ccccc2c1O. The third kappa shape index (κ3) is 12.4. The van der Waals surface area contributed by atoms with Crippen molar-refractivity contribution in [3.05, 3.63) is 35.9 Å². The molecule has 0 spiro atoms. The molecule has 0 bridgehead atoms. The number of carbonyl (C=O) groups excluding carboxylic acids is 1. The van der Waals surface area contributed by atoms with E-state index in [9.17, 15) is 24.0 Å². The van der Waals surface area contributed by atoms with Gasteiger partial charge in [-0.3, -0.25) is 13.8 Å². The molecule has 3 unspecified atom stereocenters. The van der Waals surface area contributed by atoms with Crippen LogP contribution in [-0.2, 0) is 15.6 Å². The second-order valence-corrected chi connectivity index (χ2v) is 12.3. The summed E-state index contributed by atoms with van der Waals surface area (Å²) in [6, 6.07) is 8.07. The van der Waals surface area contributed by atoms with Crippen molar-refractivity contribution in [3.8, 4) is 11.5 Å². The van der Waals surface area contributed by atoms with E-state index >= 15 is 0 Å². The predicted octanol–water partition coefficient (Wildman–Crippen LogP) is 6.68. The lowest BCUT2D eigenvalue weighted by atomic mass is 10.0. The lowest BCUT2D eigenvalue weighted by Crippen LogP contribution is -2.36. The van der Waals surface area contributed by atoms with E-state index in [1.807, 2.05) is 0 Å². The standard InChI is InChI=1S/C32H49NO7S/c1-3-4-5-6-7-8-9-10-11-12-13-14-15-18-21-33-31(38)27-22-28(25-19-16-17-20-26(25)30(27)37)40-32(24(2)34)41(39)23-29(35)36/h16-17,19-20,22,24,32,34,37H,3-15,18,21,23H2,1-2H3,(H,33,38)(H,35,36). The maximum atomic E-state index is 13.0. The number of aromatic hydroxyl groups is 1. The van der Waals surface area contributed by atoms with Crippen molar-refractivity contribution in [2.75, 3.05) is 12.3 Å². The molecule has 8 nitrogen and oxygen atoms in total. The van der Waals surface area contributed by atoms with Crippen molar-refractivity contribution >= 4 is 33.4 Å². The minimum Gasteiger partial charge on any atom is -0.506 e. The van der Waals surface area contributed by atoms with Gasteiger partial charge in [0.1, 0.15) is 23.4 Å². The summed E-state index contributed by atoms with van der Waals surface area (Å²) >= 11 is 0. The Morgan fingerprint density at radius 3 is 1.90 bits per heavy atom. The molecule has 9 heteroatoms. The lowest BCUT2D eigenvalue weighted by Gasteiger charge is -2.22. The first-order valence-corrected chi connectivity index (χ1v) is 16.6. The van der Waals surface area contributed by atoms with E-state index in [1.165, 1.54) is 83.6 Å². The van der Waals surface area contributed by atoms with Gasteiger partial charge in [0, 0.05) is 17.3 Å². The van der Waals surface area contributed by atoms with Crippen LogP contribution in [-0.4, -0.2) is 55.2 Å². The van der Waals surface area contributed by atoms with Crippen molar-refractivity contribution in [3.63, 3.8) is 0 Å². The number of rotatable bonds is 22. The van der Waals surface area contributed by atoms with Gasteiger partial charge in [-0.2, -0.15) is 0 Å². The molecule has 2 aromatic carbocycles. The van der Waals surface area contributed by atoms with Crippen molar-refractivity contribution in [1.29, 1.82) is 0 Å². The summed E-state index contributed by atoms with van der Waals surface area (Å²) in [5.74, 6) is -2.51. The van der Waals surface area contributed by atoms with Crippen molar-refractivity contribution < 1.29 is 33.9 Å². The van der Waals surface area contributed by atoms with E-state index in [-0.39, 0.29) is 17.1 Å². The molecule has 0 saturated heterocycles. The number of benzene rings is 2. The highest BCUT2D eigenvalue weighted by Gasteiger charge is 2.28. The zero-order chi connectivity index (χ0) is 30.0. The van der Waals surface area contributed by atoms with Crippen LogP contribution in [0.25, 0.3) is 10.8 Å². The molecule has 0 aliphatic heterocycles. The van der Waals surface area contributed by atoms with Gasteiger partial charge in [0.25, 0.3) is 5.91 Å². The summed E-state index contributed by atoms with van der Waals surface area (Å²) in [5.41, 5.74) is -1.33. The minimum absolute atomic E-state index is 0.00239. The number of phenols is 1. The Labute approximate surface area is 247 Å². The number of aliphatic hydroxyl groups excluding tert-OH is 1. The van der Waals surface area contributed by atoms with Crippen LogP contribution in [0.5, 0.6) is 11.5 Å². The van der Waals surface area contributed by atoms with Crippen LogP contribution in [0.1, 0.15) is 114 Å². The Kier molecular flexibility index (Phi) is 16.4. The fourth-order valence-electron chi connectivity index (χ4n) is 4.91. The molecule has 0 radical (unpaired) electrons. The van der Waals surface area contributed by atoms with E-state index in [0.717, 1.165) is 19.3 Å². The van der Waals surface area contributed by atoms with Crippen LogP contribution in [0.15, 0.2) is 30.3 Å². The van der Waals surface area contributed by atoms with Gasteiger partial charge >= 0.3 is 5.97 Å². The van der Waals surface area contributed by atoms with E-state index in [0.29, 0.717) is 17.3 Å². The summed E-state index contributed by atoms with van der Waals surface area (Å²) < 4.78 is 18.3. The molecule has 2 aromatic rings. The maximum Gasteiger partial charge on any atom is 0.316 e. The van der Waals surface area contributed by atoms with Gasteiger partial charge < -0.3 is 25.4 Å². The molecule has 230 valence electrons. The van der Waals surface area contributed by atoms with Gasteiger partial charge in [-0.1, -0.05) is 115 Å². The number of nitrogens with one attached hydrogen (secondary N) is 1. The van der Waals surface area contributed by atoms with Crippen molar-refractivity contribution in [2.24, 2.45) is 0 Å². The zero-order valence-electron chi connectivity index (χ0n) is 24.7. The third-order valence-corrected chi connectivity index (χ3v) is 8.74. The number of aliphatic hydroxyl groups is 1. The van der Waals surface area contributed by atoms with Crippen LogP contribution in [0.4, 0.5) is 0 Å². The fraction of sp³-hybridized carbons (Fsp3) is 0.625. The monoisotopic (exact) mass is 591 g/mol. The quantitative estimate of drug-likeness (QED) is 0.112. The second kappa shape index (κ2) is 19.5. The van der Waals surface area contributed by atoms with Crippen LogP contribution in [0, 0.1) is 0 Å². The predicted molar refractivity (Wildman–Crippen MR) is 165 cm³/mol. The smallest absolute Gasteiger partial charge is 0.316 e. The Morgan fingerprint density at radius 1 is 0.878 bits per heavy atom. The van der Waals surface area contributed by atoms with E-state index < -0.39 is 40.0 Å². The zero-order valence-corrected chi connectivity index (χ0v) is 25.6. The average molecular weight is 592 g/mol. The van der Waals surface area contributed by atoms with Crippen LogP contribution < -0.4 is 10.1 Å². The van der Waals surface area contributed by atoms with Gasteiger partial charge in [0.15, 0.2) is 5.44 Å². The molecule has 0 fully saturated rings. The molecule has 0 aromatic heterocycles. The van der Waals surface area contributed by atoms with E-state index in [2.05, 4.69) is 12.2 Å². The van der Waals surface area contributed by atoms with Gasteiger partial charge in [0.05, 0.1) is 16.4 Å². The van der Waals surface area contributed by atoms with Gasteiger partial charge in [-0.25, -0.2) is 0 Å². The number of phenolic OH excluding ortho intramolecular Hbond substituents is 1. The van der Waals surface area contributed by atoms with E-state index in [4.69, 9.17) is 9.84 Å². The third-order valence-electron chi connectivity index (χ3n) is 7.20. The largest absolute Gasteiger partial charge is 0.506 e. The van der Waals surface area contributed by atoms with Crippen molar-refractivity contribution in [1.82, 2.24) is 5.32 Å². The molecule has 0 aliphatic carbocycles. The summed E-state index contributed by atoms with van der Waals surface area (Å²) in [5, 5.41) is 33.7. The molecular formula is C32H49NO7S. The normalized spacial score (nSPS) is 13.5. The number of aliphatic carboxylic acids is 1. The molecule has 0 heterocycles. The lowest BCUT2D eigenvalue weighted by molar-refractivity contribution is -0.134. The Hall–Kier alpha value is -2.65. The van der Waals surface area contributed by atoms with Gasteiger partial charge in [-0.15, -0.1) is 0 Å². The minimum atomic E-state index is -2.03. The number of carboxylic acid groups (broad SMARTS) is 1. The number of hydrogen-bond acceptors (Lipinski definition) is 6. The number of unbranched alkanes of at least 4 members (excludes halogenated alkanes) is 13. The number of hydrogen-bond donors (Lipinski definition) is 4. The summed E-state index contributed by atoms with van der Waals surface area (Å²) in [6.45, 7) is 4.08. The number of amides is 1. The molecule has 0 aliphatic rings. The highest BCUT2D eigenvalue weighted by atomic mass is 32.2. The van der Waals surface area contributed by atoms with Crippen LogP contribution >= 0.6 is 0 Å². The second-order valence-electron chi connectivity index (χ2n) is 10.8. The molecule has 41 heavy (non-hydrogen) atoms. The Bertz CT molecular complexity index is 1100. The fourth-order valence-corrected chi connectivity index (χ4v) is 5.97. The molecule has 1 amide bonds. The Morgan fingerprint density at radius 2 is 1.39 bits per heavy atom. The average Bonchev–Trinajstić information content (AvgIpc) is 2.94. The van der Waals surface area contributed by atoms with Gasteiger partial charge in [-0.05, 0) is 19.4 Å². The first-order valence-electron chi connectivity index (χ1n) is 15.2. The number of fused-ring (bicyclic) bond motifs is 1. The summed E-state index contributed by atoms with van der Waals surface area (Å²) in [6.07, 6.45) is 16.3. The summed E-state index contributed by atoms with van der Waals surface area (Å²) in [7, 11) is -2.03. The molecule has 2 rings (SSSR count). The van der Waals surface area contributed by atoms with Gasteiger partial charge in [0.2, 0.25) is 0 Å². The number of carboxylic acids is 1. The highest BCUT2D eigenvalue weighted by molar-refractivity contribution is 7.86. The van der Waals surface area contributed by atoms with Crippen molar-refractivity contribution in [2.45, 2.75) is 115 Å². The number of ether oxygens (including phenoxy) is 1.